The van der Waals surface area contributed by atoms with Crippen LogP contribution in [0.2, 0.25) is 0 Å². The number of hydrogen-bond acceptors (Lipinski definition) is 8. The highest BCUT2D eigenvalue weighted by molar-refractivity contribution is 7.10. The van der Waals surface area contributed by atoms with Crippen LogP contribution < -0.4 is 21.5 Å². The van der Waals surface area contributed by atoms with Gasteiger partial charge in [-0.1, -0.05) is 36.4 Å². The molecule has 0 saturated carbocycles. The van der Waals surface area contributed by atoms with Crippen molar-refractivity contribution in [2.75, 3.05) is 12.8 Å². The monoisotopic (exact) mass is 574 g/mol. The van der Waals surface area contributed by atoms with Crippen LogP contribution in [0, 0.1) is 0 Å². The summed E-state index contributed by atoms with van der Waals surface area (Å²) >= 11 is 2.24. The van der Waals surface area contributed by atoms with E-state index in [1.807, 2.05) is 66.0 Å². The molecule has 0 aliphatic carbocycles. The van der Waals surface area contributed by atoms with Gasteiger partial charge in [0.05, 0.1) is 19.3 Å². The number of fused-ring (bicyclic) bond motifs is 1. The Morgan fingerprint density at radius 2 is 1.88 bits per heavy atom. The Balaban J connectivity index is 1.57. The van der Waals surface area contributed by atoms with Crippen molar-refractivity contribution >= 4 is 57.2 Å². The number of benzene rings is 2. The minimum atomic E-state index is -1.04. The fraction of sp³-hybridized carbons (Fsp3) is 0.143. The van der Waals surface area contributed by atoms with Crippen molar-refractivity contribution < 1.29 is 19.1 Å². The van der Waals surface area contributed by atoms with E-state index in [0.29, 0.717) is 11.3 Å². The number of para-hydroxylation sites is 1. The standard InChI is InChI=1S/C28H26N6O4S2/c1-38-17-10-8-16(9-11-17)13-32-27(36)24(20-14-31-21-7-3-2-6-19(20)21)34(15-18-5-4-12-39-18)28(37)25-22(29)23(26(30)35)33-40-25/h2-12,14,24,31H,13,15,29H2,1H3,(H2,30,35)(H,32,36)/t24-/m0/s1. The van der Waals surface area contributed by atoms with Gasteiger partial charge in [0.15, 0.2) is 5.69 Å². The fourth-order valence-electron chi connectivity index (χ4n) is 4.41. The summed E-state index contributed by atoms with van der Waals surface area (Å²) in [5.41, 5.74) is 13.6. The number of thiophene rings is 1. The van der Waals surface area contributed by atoms with Crippen molar-refractivity contribution in [2.24, 2.45) is 5.73 Å². The third-order valence-electron chi connectivity index (χ3n) is 6.42. The van der Waals surface area contributed by atoms with Gasteiger partial charge < -0.3 is 31.4 Å². The maximum Gasteiger partial charge on any atom is 0.270 e. The first-order chi connectivity index (χ1) is 19.4. The van der Waals surface area contributed by atoms with Crippen molar-refractivity contribution in [1.29, 1.82) is 0 Å². The van der Waals surface area contributed by atoms with E-state index in [-0.39, 0.29) is 35.3 Å². The summed E-state index contributed by atoms with van der Waals surface area (Å²) in [6, 6.07) is 17.6. The van der Waals surface area contributed by atoms with Crippen LogP contribution in [0.4, 0.5) is 5.69 Å². The molecule has 3 aromatic heterocycles. The molecule has 0 radical (unpaired) electrons. The number of aromatic amines is 1. The van der Waals surface area contributed by atoms with E-state index in [9.17, 15) is 14.4 Å². The van der Waals surface area contributed by atoms with Crippen LogP contribution in [-0.4, -0.2) is 39.1 Å². The largest absolute Gasteiger partial charge is 0.497 e. The number of rotatable bonds is 10. The Morgan fingerprint density at radius 3 is 2.55 bits per heavy atom. The third-order valence-corrected chi connectivity index (χ3v) is 8.14. The van der Waals surface area contributed by atoms with E-state index in [1.54, 1.807) is 13.3 Å². The number of hydrogen-bond donors (Lipinski definition) is 4. The van der Waals surface area contributed by atoms with Crippen molar-refractivity contribution in [3.05, 3.63) is 98.8 Å². The van der Waals surface area contributed by atoms with E-state index in [1.165, 1.54) is 16.2 Å². The molecule has 40 heavy (non-hydrogen) atoms. The molecule has 1 atom stereocenters. The van der Waals surface area contributed by atoms with Gasteiger partial charge in [-0.15, -0.1) is 11.3 Å². The molecular weight excluding hydrogens is 548 g/mol. The molecule has 0 saturated heterocycles. The molecule has 12 heteroatoms. The lowest BCUT2D eigenvalue weighted by atomic mass is 10.0. The van der Waals surface area contributed by atoms with Gasteiger partial charge in [0.2, 0.25) is 5.91 Å². The lowest BCUT2D eigenvalue weighted by molar-refractivity contribution is -0.126. The SMILES string of the molecule is COc1ccc(CNC(=O)[C@H](c2c[nH]c3ccccc23)N(Cc2cccs2)C(=O)c2snc(C(N)=O)c2N)cc1. The number of H-pyrrole nitrogens is 1. The average Bonchev–Trinajstić information content (AvgIpc) is 3.72. The zero-order valence-electron chi connectivity index (χ0n) is 21.4. The Hall–Kier alpha value is -4.68. The highest BCUT2D eigenvalue weighted by Crippen LogP contribution is 2.34. The summed E-state index contributed by atoms with van der Waals surface area (Å²) in [6.07, 6.45) is 1.74. The van der Waals surface area contributed by atoms with Gasteiger partial charge in [-0.05, 0) is 46.7 Å². The number of nitrogens with zero attached hydrogens (tertiary/aromatic N) is 2. The predicted octanol–water partition coefficient (Wildman–Crippen LogP) is 4.08. The Labute approximate surface area is 237 Å². The maximum atomic E-state index is 14.1. The zero-order chi connectivity index (χ0) is 28.2. The van der Waals surface area contributed by atoms with Gasteiger partial charge in [0.1, 0.15) is 16.7 Å². The maximum absolute atomic E-state index is 14.1. The van der Waals surface area contributed by atoms with E-state index in [4.69, 9.17) is 16.2 Å². The number of aromatic nitrogens is 2. The zero-order valence-corrected chi connectivity index (χ0v) is 23.1. The molecule has 0 aliphatic heterocycles. The van der Waals surface area contributed by atoms with Gasteiger partial charge in [0, 0.05) is 34.1 Å². The van der Waals surface area contributed by atoms with Gasteiger partial charge in [-0.3, -0.25) is 14.4 Å². The number of methoxy groups -OCH3 is 1. The molecule has 5 aromatic rings. The molecule has 204 valence electrons. The normalized spacial score (nSPS) is 11.7. The summed E-state index contributed by atoms with van der Waals surface area (Å²) in [4.78, 5) is 45.5. The van der Waals surface area contributed by atoms with E-state index in [2.05, 4.69) is 14.7 Å². The van der Waals surface area contributed by atoms with Crippen molar-refractivity contribution in [2.45, 2.75) is 19.1 Å². The number of anilines is 1. The van der Waals surface area contributed by atoms with Gasteiger partial charge in [-0.2, -0.15) is 4.37 Å². The number of nitrogens with two attached hydrogens (primary N) is 2. The second-order valence-electron chi connectivity index (χ2n) is 8.91. The summed E-state index contributed by atoms with van der Waals surface area (Å²) < 4.78 is 9.22. The Morgan fingerprint density at radius 1 is 1.10 bits per heavy atom. The molecule has 5 rings (SSSR count). The summed E-state index contributed by atoms with van der Waals surface area (Å²) in [7, 11) is 1.59. The van der Waals surface area contributed by atoms with Crippen molar-refractivity contribution in [1.82, 2.24) is 19.6 Å². The number of amides is 3. The van der Waals surface area contributed by atoms with Crippen LogP contribution in [0.15, 0.2) is 72.2 Å². The van der Waals surface area contributed by atoms with Crippen LogP contribution in [0.5, 0.6) is 5.75 Å². The number of nitrogens with one attached hydrogen (secondary N) is 2. The Bertz CT molecular complexity index is 1660. The molecule has 0 fully saturated rings. The molecule has 3 heterocycles. The number of nitrogen functional groups attached to an aromatic ring is 1. The molecule has 0 unspecified atom stereocenters. The lowest BCUT2D eigenvalue weighted by Gasteiger charge is -2.30. The van der Waals surface area contributed by atoms with Gasteiger partial charge in [0.25, 0.3) is 11.8 Å². The average molecular weight is 575 g/mol. The highest BCUT2D eigenvalue weighted by Gasteiger charge is 2.36. The molecule has 0 bridgehead atoms. The van der Waals surface area contributed by atoms with Gasteiger partial charge >= 0.3 is 0 Å². The second-order valence-corrected chi connectivity index (χ2v) is 10.7. The predicted molar refractivity (Wildman–Crippen MR) is 155 cm³/mol. The summed E-state index contributed by atoms with van der Waals surface area (Å²) in [5, 5.41) is 5.69. The number of primary amides is 1. The molecule has 2 aromatic carbocycles. The number of carbonyl (C=O) groups excluding carboxylic acids is 3. The summed E-state index contributed by atoms with van der Waals surface area (Å²) in [5.74, 6) is -1.05. The Kier molecular flexibility index (Phi) is 7.80. The van der Waals surface area contributed by atoms with Crippen LogP contribution in [0.25, 0.3) is 10.9 Å². The molecule has 6 N–H and O–H groups in total. The number of ether oxygens (including phenoxy) is 1. The molecular formula is C28H26N6O4S2. The van der Waals surface area contributed by atoms with Crippen LogP contribution in [-0.2, 0) is 17.9 Å². The van der Waals surface area contributed by atoms with E-state index < -0.39 is 17.9 Å². The minimum Gasteiger partial charge on any atom is -0.497 e. The quantitative estimate of drug-likeness (QED) is 0.197. The third kappa shape index (κ3) is 5.40. The van der Waals surface area contributed by atoms with E-state index >= 15 is 0 Å². The van der Waals surface area contributed by atoms with Crippen LogP contribution >= 0.6 is 22.9 Å². The number of carbonyl (C=O) groups is 3. The van der Waals surface area contributed by atoms with Gasteiger partial charge in [-0.25, -0.2) is 0 Å². The first kappa shape index (κ1) is 26.9. The fourth-order valence-corrected chi connectivity index (χ4v) is 5.87. The van der Waals surface area contributed by atoms with E-state index in [0.717, 1.165) is 32.9 Å². The minimum absolute atomic E-state index is 0.0400. The lowest BCUT2D eigenvalue weighted by Crippen LogP contribution is -2.43. The van der Waals surface area contributed by atoms with Crippen molar-refractivity contribution in [3.8, 4) is 5.75 Å². The second kappa shape index (κ2) is 11.6. The molecule has 0 spiro atoms. The first-order valence-corrected chi connectivity index (χ1v) is 13.9. The molecule has 3 amide bonds. The highest BCUT2D eigenvalue weighted by atomic mass is 32.1. The first-order valence-electron chi connectivity index (χ1n) is 12.2. The molecule has 10 nitrogen and oxygen atoms in total. The van der Waals surface area contributed by atoms with Crippen LogP contribution in [0.1, 0.15) is 42.2 Å². The topological polar surface area (TPSA) is 156 Å². The molecule has 0 aliphatic rings. The van der Waals surface area contributed by atoms with Crippen molar-refractivity contribution in [3.63, 3.8) is 0 Å². The smallest absolute Gasteiger partial charge is 0.270 e. The van der Waals surface area contributed by atoms with Crippen LogP contribution in [0.3, 0.4) is 0 Å². The summed E-state index contributed by atoms with van der Waals surface area (Å²) in [6.45, 7) is 0.358.